The van der Waals surface area contributed by atoms with Crippen molar-refractivity contribution in [1.29, 1.82) is 0 Å². The van der Waals surface area contributed by atoms with Crippen molar-refractivity contribution >= 4 is 41.1 Å². The van der Waals surface area contributed by atoms with E-state index in [1.54, 1.807) is 18.7 Å². The molecule has 1 saturated heterocycles. The number of hydrogen-bond acceptors (Lipinski definition) is 7. The molecule has 1 aliphatic heterocycles. The minimum Gasteiger partial charge on any atom is -0.354 e. The Hall–Kier alpha value is -4.03. The number of nitrogens with zero attached hydrogens (tertiary/aromatic N) is 1. The van der Waals surface area contributed by atoms with E-state index in [-0.39, 0.29) is 41.3 Å². The number of carbonyl (C=O) groups excluding carboxylic acids is 7. The molecule has 3 saturated carbocycles. The van der Waals surface area contributed by atoms with Crippen molar-refractivity contribution in [1.82, 2.24) is 31.2 Å². The zero-order chi connectivity index (χ0) is 39.5. The van der Waals surface area contributed by atoms with E-state index >= 15 is 0 Å². The molecule has 5 N–H and O–H groups in total. The van der Waals surface area contributed by atoms with Gasteiger partial charge in [0.05, 0.1) is 6.04 Å². The maximum atomic E-state index is 14.9. The number of H-pyrrole nitrogens is 1. The first-order valence-electron chi connectivity index (χ1n) is 20.3. The molecule has 0 bridgehead atoms. The summed E-state index contributed by atoms with van der Waals surface area (Å²) in [5.41, 5.74) is 1.02. The molecule has 54 heavy (non-hydrogen) atoms. The Morgan fingerprint density at radius 1 is 0.852 bits per heavy atom. The van der Waals surface area contributed by atoms with Gasteiger partial charge in [-0.05, 0) is 95.0 Å². The van der Waals surface area contributed by atoms with Crippen LogP contribution >= 0.6 is 0 Å². The van der Waals surface area contributed by atoms with Crippen LogP contribution in [0.2, 0.25) is 0 Å². The zero-order valence-electron chi connectivity index (χ0n) is 33.3. The highest BCUT2D eigenvalue weighted by atomic mass is 16.2. The first-order chi connectivity index (χ1) is 25.5. The Morgan fingerprint density at radius 2 is 1.50 bits per heavy atom. The number of aromatic nitrogens is 1. The van der Waals surface area contributed by atoms with Gasteiger partial charge in [0.15, 0.2) is 5.78 Å². The van der Waals surface area contributed by atoms with Crippen LogP contribution in [0.3, 0.4) is 0 Å². The monoisotopic (exact) mass is 750 g/mol. The summed E-state index contributed by atoms with van der Waals surface area (Å²) in [5, 5.41) is 11.6. The molecule has 2 unspecified atom stereocenters. The molecule has 6 atom stereocenters. The zero-order valence-corrected chi connectivity index (χ0v) is 33.3. The molecule has 2 heterocycles. The second kappa shape index (κ2) is 17.2. The molecule has 4 aliphatic rings. The largest absolute Gasteiger partial charge is 0.354 e. The molecule has 5 rings (SSSR count). The standard InChI is InChI=1S/C41H62N6O7/c1-8-14-28(34(49)39(53)43-27-19-20-27)44-36(50)30-21-26-17-12-13-18-29(26)47(30)40(54)35(41(5,6)7)46-38(52)33(25-15-10-9-11-16-25)45-37(51)32-22(2)31(24(4)48)23(3)42-32/h25-30,33,35,42H,8-21H2,1-7H3,(H,43,53)(H,44,50)(H,45,51)(H,46,52)/t26?,28-,29?,30+,33-,35+/m0/s1. The number of amides is 5. The SMILES string of the molecule is CCC[C@H](NC(=O)[C@H]1CC2CCCCC2N1C(=O)[C@@H](NC(=O)[C@@H](NC(=O)c1[nH]c(C)c(C(C)=O)c1C)C1CCCCC1)C(C)(C)C)C(=O)C(=O)NC1CC1. The molecule has 0 aromatic carbocycles. The van der Waals surface area contributed by atoms with Crippen LogP contribution in [0.1, 0.15) is 157 Å². The Labute approximate surface area is 319 Å². The van der Waals surface area contributed by atoms with Gasteiger partial charge in [-0.3, -0.25) is 33.6 Å². The minimum atomic E-state index is -1.03. The maximum absolute atomic E-state index is 14.9. The summed E-state index contributed by atoms with van der Waals surface area (Å²) < 4.78 is 0. The number of carbonyl (C=O) groups is 7. The lowest BCUT2D eigenvalue weighted by molar-refractivity contribution is -0.147. The van der Waals surface area contributed by atoms with Crippen LogP contribution in [0.15, 0.2) is 0 Å². The molecule has 3 aliphatic carbocycles. The molecule has 13 nitrogen and oxygen atoms in total. The predicted octanol–water partition coefficient (Wildman–Crippen LogP) is 4.34. The van der Waals surface area contributed by atoms with Gasteiger partial charge in [-0.2, -0.15) is 0 Å². The third-order valence-electron chi connectivity index (χ3n) is 12.1. The Morgan fingerprint density at radius 3 is 2.09 bits per heavy atom. The fourth-order valence-electron chi connectivity index (χ4n) is 9.09. The lowest BCUT2D eigenvalue weighted by Crippen LogP contribution is -2.63. The van der Waals surface area contributed by atoms with E-state index in [1.165, 1.54) is 6.92 Å². The fraction of sp³-hybridized carbons (Fsp3) is 0.732. The van der Waals surface area contributed by atoms with Crippen LogP contribution in [0, 0.1) is 31.1 Å². The van der Waals surface area contributed by atoms with Gasteiger partial charge in [-0.1, -0.05) is 66.2 Å². The fourth-order valence-corrected chi connectivity index (χ4v) is 9.09. The average molecular weight is 751 g/mol. The number of likely N-dealkylation sites (tertiary alicyclic amines) is 1. The third-order valence-corrected chi connectivity index (χ3v) is 12.1. The van der Waals surface area contributed by atoms with Gasteiger partial charge in [0.25, 0.3) is 11.8 Å². The van der Waals surface area contributed by atoms with Crippen molar-refractivity contribution in [3.05, 3.63) is 22.5 Å². The van der Waals surface area contributed by atoms with E-state index in [1.807, 2.05) is 27.7 Å². The third kappa shape index (κ3) is 9.25. The summed E-state index contributed by atoms with van der Waals surface area (Å²) in [5.74, 6) is -3.38. The molecular weight excluding hydrogens is 688 g/mol. The second-order valence-electron chi connectivity index (χ2n) is 17.4. The molecule has 13 heteroatoms. The minimum absolute atomic E-state index is 0.00226. The Balaban J connectivity index is 1.40. The molecule has 1 aromatic rings. The number of hydrogen-bond donors (Lipinski definition) is 5. The average Bonchev–Trinajstić information content (AvgIpc) is 3.77. The molecule has 4 fully saturated rings. The number of nitrogens with one attached hydrogen (secondary N) is 5. The Bertz CT molecular complexity index is 1620. The van der Waals surface area contributed by atoms with Crippen LogP contribution < -0.4 is 21.3 Å². The quantitative estimate of drug-likeness (QED) is 0.138. The highest BCUT2D eigenvalue weighted by Gasteiger charge is 2.51. The van der Waals surface area contributed by atoms with Crippen LogP contribution in [0.5, 0.6) is 0 Å². The maximum Gasteiger partial charge on any atom is 0.289 e. The summed E-state index contributed by atoms with van der Waals surface area (Å²) >= 11 is 0. The first kappa shape index (κ1) is 41.1. The summed E-state index contributed by atoms with van der Waals surface area (Å²) in [6.45, 7) is 12.4. The van der Waals surface area contributed by atoms with E-state index < -0.39 is 59.0 Å². The number of Topliss-reactive ketones (excluding diaryl/α,β-unsaturated/α-hetero) is 2. The Kier molecular flexibility index (Phi) is 13.1. The number of fused-ring (bicyclic) bond motifs is 1. The lowest BCUT2D eigenvalue weighted by Gasteiger charge is -2.40. The lowest BCUT2D eigenvalue weighted by atomic mass is 9.81. The van der Waals surface area contributed by atoms with Gasteiger partial charge < -0.3 is 31.2 Å². The van der Waals surface area contributed by atoms with Crippen LogP contribution in [0.4, 0.5) is 0 Å². The van der Waals surface area contributed by atoms with Gasteiger partial charge >= 0.3 is 0 Å². The van der Waals surface area contributed by atoms with Crippen LogP contribution in [0.25, 0.3) is 0 Å². The summed E-state index contributed by atoms with van der Waals surface area (Å²) in [6, 6.07) is -4.03. The highest BCUT2D eigenvalue weighted by Crippen LogP contribution is 2.41. The van der Waals surface area contributed by atoms with E-state index in [0.717, 1.165) is 70.6 Å². The summed E-state index contributed by atoms with van der Waals surface area (Å²) in [4.78, 5) is 100. The second-order valence-corrected chi connectivity index (χ2v) is 17.4. The molecule has 298 valence electrons. The smallest absolute Gasteiger partial charge is 0.289 e. The van der Waals surface area contributed by atoms with E-state index in [9.17, 15) is 33.6 Å². The van der Waals surface area contributed by atoms with Crippen molar-refractivity contribution in [2.75, 3.05) is 0 Å². The van der Waals surface area contributed by atoms with Crippen molar-refractivity contribution < 1.29 is 33.6 Å². The topological polar surface area (TPSA) is 187 Å². The van der Waals surface area contributed by atoms with Crippen molar-refractivity contribution in [2.24, 2.45) is 17.3 Å². The van der Waals surface area contributed by atoms with E-state index in [2.05, 4.69) is 26.3 Å². The van der Waals surface area contributed by atoms with Crippen molar-refractivity contribution in [3.8, 4) is 0 Å². The molecular formula is C41H62N6O7. The van der Waals surface area contributed by atoms with Gasteiger partial charge in [0, 0.05) is 23.3 Å². The predicted molar refractivity (Wildman–Crippen MR) is 203 cm³/mol. The van der Waals surface area contributed by atoms with Gasteiger partial charge in [0.1, 0.15) is 23.8 Å². The number of ketones is 2. The summed E-state index contributed by atoms with van der Waals surface area (Å²) in [7, 11) is 0. The van der Waals surface area contributed by atoms with Crippen LogP contribution in [-0.4, -0.2) is 87.2 Å². The van der Waals surface area contributed by atoms with E-state index in [0.29, 0.717) is 36.1 Å². The van der Waals surface area contributed by atoms with Gasteiger partial charge in [-0.15, -0.1) is 0 Å². The first-order valence-corrected chi connectivity index (χ1v) is 20.3. The van der Waals surface area contributed by atoms with E-state index in [4.69, 9.17) is 0 Å². The van der Waals surface area contributed by atoms with Crippen molar-refractivity contribution in [3.63, 3.8) is 0 Å². The molecule has 5 amide bonds. The van der Waals surface area contributed by atoms with Crippen molar-refractivity contribution in [2.45, 2.75) is 175 Å². The van der Waals surface area contributed by atoms with Gasteiger partial charge in [0.2, 0.25) is 23.5 Å². The normalized spacial score (nSPS) is 23.4. The number of aromatic amines is 1. The number of aryl methyl sites for hydroxylation is 1. The molecule has 0 radical (unpaired) electrons. The summed E-state index contributed by atoms with van der Waals surface area (Å²) in [6.07, 6.45) is 10.8. The molecule has 1 aromatic heterocycles. The highest BCUT2D eigenvalue weighted by molar-refractivity contribution is 6.38. The van der Waals surface area contributed by atoms with Crippen LogP contribution in [-0.2, 0) is 24.0 Å². The molecule has 0 spiro atoms. The van der Waals surface area contributed by atoms with Gasteiger partial charge in [-0.25, -0.2) is 0 Å². The number of rotatable bonds is 14.